The van der Waals surface area contributed by atoms with Gasteiger partial charge < -0.3 is 10.1 Å². The highest BCUT2D eigenvalue weighted by atomic mass is 35.5. The summed E-state index contributed by atoms with van der Waals surface area (Å²) in [5.74, 6) is 0.645. The fourth-order valence-corrected chi connectivity index (χ4v) is 2.34. The quantitative estimate of drug-likeness (QED) is 0.806. The van der Waals surface area contributed by atoms with Gasteiger partial charge in [0.15, 0.2) is 0 Å². The molecule has 0 amide bonds. The van der Waals surface area contributed by atoms with E-state index in [1.165, 1.54) is 0 Å². The summed E-state index contributed by atoms with van der Waals surface area (Å²) in [6.07, 6.45) is 0.993. The molecule has 1 atom stereocenters. The molecule has 0 bridgehead atoms. The third-order valence-electron chi connectivity index (χ3n) is 2.50. The highest BCUT2D eigenvalue weighted by Crippen LogP contribution is 2.23. The Kier molecular flexibility index (Phi) is 5.89. The number of ether oxygens (including phenoxy) is 1. The number of nitrogens with one attached hydrogen (secondary N) is 1. The highest BCUT2D eigenvalue weighted by molar-refractivity contribution is 6.20. The normalized spacial score (nSPS) is 13.4. The first kappa shape index (κ1) is 15.3. The first-order valence-corrected chi connectivity index (χ1v) is 6.69. The minimum Gasteiger partial charge on any atom is -0.481 e. The highest BCUT2D eigenvalue weighted by Gasteiger charge is 2.16. The summed E-state index contributed by atoms with van der Waals surface area (Å²) >= 11 is 6.28. The zero-order chi connectivity index (χ0) is 13.6. The summed E-state index contributed by atoms with van der Waals surface area (Å²) in [6, 6.07) is 5.76. The Morgan fingerprint density at radius 2 is 2.11 bits per heavy atom. The molecule has 0 aliphatic rings. The maximum atomic E-state index is 6.28. The number of methoxy groups -OCH3 is 1. The van der Waals surface area contributed by atoms with Gasteiger partial charge in [0.1, 0.15) is 0 Å². The molecule has 102 valence electrons. The van der Waals surface area contributed by atoms with E-state index in [2.05, 4.69) is 31.1 Å². The summed E-state index contributed by atoms with van der Waals surface area (Å²) < 4.78 is 5.08. The van der Waals surface area contributed by atoms with Crippen molar-refractivity contribution in [2.24, 2.45) is 5.41 Å². The summed E-state index contributed by atoms with van der Waals surface area (Å²) in [5, 5.41) is 3.47. The van der Waals surface area contributed by atoms with Gasteiger partial charge in [0.2, 0.25) is 5.88 Å². The van der Waals surface area contributed by atoms with E-state index in [0.717, 1.165) is 18.7 Å². The molecular weight excluding hydrogens is 248 g/mol. The van der Waals surface area contributed by atoms with E-state index < -0.39 is 0 Å². The van der Waals surface area contributed by atoms with Crippen molar-refractivity contribution in [1.82, 2.24) is 10.3 Å². The number of aromatic nitrogens is 1. The molecule has 1 rings (SSSR count). The molecule has 0 spiro atoms. The van der Waals surface area contributed by atoms with Gasteiger partial charge in [0.05, 0.1) is 12.8 Å². The summed E-state index contributed by atoms with van der Waals surface area (Å²) in [7, 11) is 1.62. The predicted molar refractivity (Wildman–Crippen MR) is 76.2 cm³/mol. The molecule has 3 nitrogen and oxygen atoms in total. The summed E-state index contributed by atoms with van der Waals surface area (Å²) in [4.78, 5) is 4.33. The van der Waals surface area contributed by atoms with Crippen LogP contribution in [-0.2, 0) is 6.54 Å². The van der Waals surface area contributed by atoms with Crippen LogP contribution in [0.15, 0.2) is 18.2 Å². The first-order valence-electron chi connectivity index (χ1n) is 6.25. The summed E-state index contributed by atoms with van der Waals surface area (Å²) in [6.45, 7) is 8.10. The molecule has 18 heavy (non-hydrogen) atoms. The molecule has 4 heteroatoms. The van der Waals surface area contributed by atoms with E-state index >= 15 is 0 Å². The Labute approximate surface area is 115 Å². The van der Waals surface area contributed by atoms with Gasteiger partial charge in [-0.1, -0.05) is 26.8 Å². The zero-order valence-corrected chi connectivity index (χ0v) is 12.4. The molecule has 0 fully saturated rings. The second-order valence-corrected chi connectivity index (χ2v) is 6.28. The second kappa shape index (κ2) is 6.95. The number of nitrogens with zero attached hydrogens (tertiary/aromatic N) is 1. The van der Waals surface area contributed by atoms with Crippen LogP contribution >= 0.6 is 11.6 Å². The Morgan fingerprint density at radius 3 is 2.72 bits per heavy atom. The van der Waals surface area contributed by atoms with Crippen LogP contribution in [0.4, 0.5) is 0 Å². The number of hydrogen-bond donors (Lipinski definition) is 1. The molecule has 0 saturated heterocycles. The van der Waals surface area contributed by atoms with Crippen molar-refractivity contribution in [3.63, 3.8) is 0 Å². The Morgan fingerprint density at radius 1 is 1.39 bits per heavy atom. The second-order valence-electron chi connectivity index (χ2n) is 5.66. The Hall–Kier alpha value is -0.800. The topological polar surface area (TPSA) is 34.1 Å². The lowest BCUT2D eigenvalue weighted by Crippen LogP contribution is -2.26. The maximum absolute atomic E-state index is 6.28. The van der Waals surface area contributed by atoms with Crippen LogP contribution in [0.2, 0.25) is 0 Å². The lowest BCUT2D eigenvalue weighted by atomic mass is 9.90. The van der Waals surface area contributed by atoms with Crippen molar-refractivity contribution >= 4 is 11.6 Å². The van der Waals surface area contributed by atoms with Crippen molar-refractivity contribution in [3.8, 4) is 5.88 Å². The fraction of sp³-hybridized carbons (Fsp3) is 0.643. The van der Waals surface area contributed by atoms with Crippen molar-refractivity contribution in [1.29, 1.82) is 0 Å². The Bertz CT molecular complexity index is 363. The molecule has 1 heterocycles. The van der Waals surface area contributed by atoms with E-state index in [4.69, 9.17) is 16.3 Å². The van der Waals surface area contributed by atoms with Gasteiger partial charge in [-0.25, -0.2) is 4.98 Å². The van der Waals surface area contributed by atoms with Crippen LogP contribution in [-0.4, -0.2) is 24.0 Å². The molecule has 1 aromatic heterocycles. The fourth-order valence-electron chi connectivity index (χ4n) is 1.76. The van der Waals surface area contributed by atoms with Crippen molar-refractivity contribution < 1.29 is 4.74 Å². The van der Waals surface area contributed by atoms with Crippen LogP contribution in [0.1, 0.15) is 32.9 Å². The van der Waals surface area contributed by atoms with Crippen molar-refractivity contribution in [2.45, 2.75) is 39.1 Å². The van der Waals surface area contributed by atoms with Crippen LogP contribution in [0.25, 0.3) is 0 Å². The van der Waals surface area contributed by atoms with E-state index in [1.54, 1.807) is 7.11 Å². The van der Waals surface area contributed by atoms with Crippen LogP contribution in [0.5, 0.6) is 5.88 Å². The standard InChI is InChI=1S/C14H23ClN2O/c1-14(2,3)8-11(15)9-16-10-12-6-5-7-13(17-12)18-4/h5-7,11,16H,8-10H2,1-4H3. The first-order chi connectivity index (χ1) is 8.40. The van der Waals surface area contributed by atoms with Gasteiger partial charge >= 0.3 is 0 Å². The molecular formula is C14H23ClN2O. The molecule has 1 unspecified atom stereocenters. The monoisotopic (exact) mass is 270 g/mol. The van der Waals surface area contributed by atoms with E-state index in [1.807, 2.05) is 18.2 Å². The molecule has 0 aliphatic carbocycles. The van der Waals surface area contributed by atoms with Gasteiger partial charge in [-0.3, -0.25) is 0 Å². The van der Waals surface area contributed by atoms with E-state index in [0.29, 0.717) is 12.4 Å². The van der Waals surface area contributed by atoms with Gasteiger partial charge in [-0.2, -0.15) is 0 Å². The average Bonchev–Trinajstić information content (AvgIpc) is 2.27. The van der Waals surface area contributed by atoms with E-state index in [9.17, 15) is 0 Å². The number of hydrogen-bond acceptors (Lipinski definition) is 3. The molecule has 0 aromatic carbocycles. The van der Waals surface area contributed by atoms with Crippen LogP contribution in [0, 0.1) is 5.41 Å². The number of alkyl halides is 1. The third kappa shape index (κ3) is 6.22. The molecule has 0 saturated carbocycles. The predicted octanol–water partition coefficient (Wildman–Crippen LogP) is 3.22. The SMILES string of the molecule is COc1cccc(CNCC(Cl)CC(C)(C)C)n1. The smallest absolute Gasteiger partial charge is 0.213 e. The van der Waals surface area contributed by atoms with Crippen LogP contribution in [0.3, 0.4) is 0 Å². The number of pyridine rings is 1. The van der Waals surface area contributed by atoms with Crippen LogP contribution < -0.4 is 10.1 Å². The van der Waals surface area contributed by atoms with Gasteiger partial charge in [-0.15, -0.1) is 11.6 Å². The minimum atomic E-state index is 0.149. The number of halogens is 1. The Balaban J connectivity index is 2.32. The zero-order valence-electron chi connectivity index (χ0n) is 11.7. The third-order valence-corrected chi connectivity index (χ3v) is 2.80. The van der Waals surface area contributed by atoms with Gasteiger partial charge in [-0.05, 0) is 17.9 Å². The lowest BCUT2D eigenvalue weighted by Gasteiger charge is -2.22. The number of rotatable bonds is 6. The largest absolute Gasteiger partial charge is 0.481 e. The van der Waals surface area contributed by atoms with Gasteiger partial charge in [0, 0.05) is 24.5 Å². The minimum absolute atomic E-state index is 0.149. The molecule has 1 N–H and O–H groups in total. The van der Waals surface area contributed by atoms with Crippen molar-refractivity contribution in [2.75, 3.05) is 13.7 Å². The summed E-state index contributed by atoms with van der Waals surface area (Å²) in [5.41, 5.74) is 1.23. The molecule has 0 radical (unpaired) electrons. The van der Waals surface area contributed by atoms with E-state index in [-0.39, 0.29) is 10.8 Å². The van der Waals surface area contributed by atoms with Gasteiger partial charge in [0.25, 0.3) is 0 Å². The maximum Gasteiger partial charge on any atom is 0.213 e. The molecule has 1 aromatic rings. The average molecular weight is 271 g/mol. The van der Waals surface area contributed by atoms with Crippen molar-refractivity contribution in [3.05, 3.63) is 23.9 Å². The molecule has 0 aliphatic heterocycles. The lowest BCUT2D eigenvalue weighted by molar-refractivity contribution is 0.364.